The van der Waals surface area contributed by atoms with Crippen LogP contribution in [0.25, 0.3) is 0 Å². The second kappa shape index (κ2) is 4.58. The van der Waals surface area contributed by atoms with Gasteiger partial charge in [0.15, 0.2) is 0 Å². The van der Waals surface area contributed by atoms with Crippen molar-refractivity contribution >= 4 is 11.6 Å². The van der Waals surface area contributed by atoms with Crippen molar-refractivity contribution in [3.63, 3.8) is 0 Å². The smallest absolute Gasteiger partial charge is 0.289 e. The fraction of sp³-hybridized carbons (Fsp3) is 0.222. The molecule has 0 fully saturated rings. The zero-order chi connectivity index (χ0) is 9.68. The van der Waals surface area contributed by atoms with E-state index < -0.39 is 0 Å². The van der Waals surface area contributed by atoms with Gasteiger partial charge in [0.1, 0.15) is 5.75 Å². The summed E-state index contributed by atoms with van der Waals surface area (Å²) in [6, 6.07) is 5.38. The summed E-state index contributed by atoms with van der Waals surface area (Å²) >= 11 is 5.84. The van der Waals surface area contributed by atoms with Gasteiger partial charge in [0.05, 0.1) is 5.02 Å². The van der Waals surface area contributed by atoms with E-state index in [1.54, 1.807) is 12.1 Å². The highest BCUT2D eigenvalue weighted by atomic mass is 35.5. The number of hydrogen-bond donors (Lipinski definition) is 0. The van der Waals surface area contributed by atoms with Gasteiger partial charge < -0.3 is 9.47 Å². The lowest BCUT2D eigenvalue weighted by atomic mass is 10.2. The molecule has 0 unspecified atom stereocenters. The van der Waals surface area contributed by atoms with E-state index in [1.165, 1.54) is 6.26 Å². The third-order valence-corrected chi connectivity index (χ3v) is 1.72. The molecule has 0 spiro atoms. The molecule has 3 nitrogen and oxygen atoms in total. The molecule has 0 bridgehead atoms. The van der Waals surface area contributed by atoms with Crippen molar-refractivity contribution in [3.8, 4) is 12.0 Å². The van der Waals surface area contributed by atoms with Gasteiger partial charge in [-0.05, 0) is 24.6 Å². The van der Waals surface area contributed by atoms with Crippen LogP contribution in [0.2, 0.25) is 5.02 Å². The molecule has 0 aromatic heterocycles. The van der Waals surface area contributed by atoms with Gasteiger partial charge in [-0.15, -0.1) is 0 Å². The molecule has 0 aliphatic rings. The van der Waals surface area contributed by atoms with E-state index >= 15 is 0 Å². The van der Waals surface area contributed by atoms with Gasteiger partial charge in [0.25, 0.3) is 6.26 Å². The van der Waals surface area contributed by atoms with Crippen LogP contribution >= 0.6 is 11.6 Å². The number of ether oxygens (including phenoxy) is 2. The highest BCUT2D eigenvalue weighted by Gasteiger charge is 2.00. The molecule has 0 N–H and O–H groups in total. The molecule has 0 saturated heterocycles. The van der Waals surface area contributed by atoms with Gasteiger partial charge in [-0.25, -0.2) is 0 Å². The van der Waals surface area contributed by atoms with Crippen LogP contribution in [0.15, 0.2) is 18.2 Å². The van der Waals surface area contributed by atoms with Crippen LogP contribution in [0.4, 0.5) is 0 Å². The monoisotopic (exact) mass is 197 g/mol. The standard InChI is InChI=1S/C9H8ClNO2/c1-7-2-3-9(8(10)4-7)13-6-12-5-11/h2-4H,6H2,1H3. The molecule has 13 heavy (non-hydrogen) atoms. The average Bonchev–Trinajstić information content (AvgIpc) is 2.09. The molecule has 0 heterocycles. The van der Waals surface area contributed by atoms with E-state index in [0.29, 0.717) is 10.8 Å². The first-order chi connectivity index (χ1) is 6.24. The second-order valence-electron chi connectivity index (χ2n) is 2.43. The minimum Gasteiger partial charge on any atom is -0.455 e. The van der Waals surface area contributed by atoms with Gasteiger partial charge in [-0.3, -0.25) is 0 Å². The van der Waals surface area contributed by atoms with Crippen molar-refractivity contribution in [1.29, 1.82) is 5.26 Å². The second-order valence-corrected chi connectivity index (χ2v) is 2.84. The van der Waals surface area contributed by atoms with Crippen molar-refractivity contribution in [2.45, 2.75) is 6.92 Å². The number of aryl methyl sites for hydroxylation is 1. The van der Waals surface area contributed by atoms with Crippen molar-refractivity contribution in [2.75, 3.05) is 6.79 Å². The van der Waals surface area contributed by atoms with Crippen LogP contribution in [-0.4, -0.2) is 6.79 Å². The Balaban J connectivity index is 2.62. The number of nitrogens with zero attached hydrogens (tertiary/aromatic N) is 1. The van der Waals surface area contributed by atoms with Crippen molar-refractivity contribution in [1.82, 2.24) is 0 Å². The fourth-order valence-corrected chi connectivity index (χ4v) is 1.13. The number of hydrogen-bond acceptors (Lipinski definition) is 3. The van der Waals surface area contributed by atoms with E-state index in [-0.39, 0.29) is 6.79 Å². The third-order valence-electron chi connectivity index (χ3n) is 1.43. The summed E-state index contributed by atoms with van der Waals surface area (Å²) in [4.78, 5) is 0. The summed E-state index contributed by atoms with van der Waals surface area (Å²) in [5.41, 5.74) is 1.05. The van der Waals surface area contributed by atoms with Crippen LogP contribution in [0.1, 0.15) is 5.56 Å². The predicted octanol–water partition coefficient (Wildman–Crippen LogP) is 2.48. The lowest BCUT2D eigenvalue weighted by Gasteiger charge is -2.05. The maximum absolute atomic E-state index is 8.07. The van der Waals surface area contributed by atoms with Crippen LogP contribution in [0, 0.1) is 18.4 Å². The Morgan fingerprint density at radius 3 is 2.92 bits per heavy atom. The van der Waals surface area contributed by atoms with Crippen molar-refractivity contribution < 1.29 is 9.47 Å². The fourth-order valence-electron chi connectivity index (χ4n) is 0.842. The maximum atomic E-state index is 8.07. The Hall–Kier alpha value is -1.40. The van der Waals surface area contributed by atoms with Crippen molar-refractivity contribution in [2.24, 2.45) is 0 Å². The molecule has 1 aromatic rings. The Morgan fingerprint density at radius 2 is 2.31 bits per heavy atom. The largest absolute Gasteiger partial charge is 0.455 e. The number of halogens is 1. The summed E-state index contributed by atoms with van der Waals surface area (Å²) in [7, 11) is 0. The van der Waals surface area contributed by atoms with Gasteiger partial charge in [0, 0.05) is 0 Å². The van der Waals surface area contributed by atoms with E-state index in [9.17, 15) is 0 Å². The molecule has 1 aromatic carbocycles. The van der Waals surface area contributed by atoms with Crippen LogP contribution in [-0.2, 0) is 4.74 Å². The van der Waals surface area contributed by atoms with Gasteiger partial charge in [0.2, 0.25) is 6.79 Å². The van der Waals surface area contributed by atoms with E-state index in [2.05, 4.69) is 4.74 Å². The van der Waals surface area contributed by atoms with Crippen molar-refractivity contribution in [3.05, 3.63) is 28.8 Å². The van der Waals surface area contributed by atoms with Crippen LogP contribution in [0.3, 0.4) is 0 Å². The first kappa shape index (κ1) is 9.69. The molecule has 0 radical (unpaired) electrons. The summed E-state index contributed by atoms with van der Waals surface area (Å²) in [6.07, 6.45) is 1.50. The molecule has 4 heteroatoms. The van der Waals surface area contributed by atoms with E-state index in [4.69, 9.17) is 21.6 Å². The molecule has 1 rings (SSSR count). The normalized spacial score (nSPS) is 9.00. The predicted molar refractivity (Wildman–Crippen MR) is 48.4 cm³/mol. The van der Waals surface area contributed by atoms with E-state index in [1.807, 2.05) is 13.0 Å². The Bertz CT molecular complexity index is 333. The number of benzene rings is 1. The average molecular weight is 198 g/mol. The summed E-state index contributed by atoms with van der Waals surface area (Å²) in [6.45, 7) is 1.82. The Kier molecular flexibility index (Phi) is 3.41. The lowest BCUT2D eigenvalue weighted by molar-refractivity contribution is 0.0917. The quantitative estimate of drug-likeness (QED) is 0.425. The summed E-state index contributed by atoms with van der Waals surface area (Å²) in [5, 5.41) is 8.59. The maximum Gasteiger partial charge on any atom is 0.289 e. The molecule has 0 aliphatic carbocycles. The molecule has 0 amide bonds. The third kappa shape index (κ3) is 2.85. The molecule has 0 atom stereocenters. The molecule has 68 valence electrons. The van der Waals surface area contributed by atoms with Gasteiger partial charge in [-0.1, -0.05) is 17.7 Å². The highest BCUT2D eigenvalue weighted by molar-refractivity contribution is 6.32. The van der Waals surface area contributed by atoms with Crippen LogP contribution in [0.5, 0.6) is 5.75 Å². The zero-order valence-corrected chi connectivity index (χ0v) is 7.84. The van der Waals surface area contributed by atoms with Crippen LogP contribution < -0.4 is 4.74 Å². The molecule has 0 aliphatic heterocycles. The number of rotatable bonds is 3. The minimum absolute atomic E-state index is 0.112. The highest BCUT2D eigenvalue weighted by Crippen LogP contribution is 2.24. The van der Waals surface area contributed by atoms with E-state index in [0.717, 1.165) is 5.56 Å². The van der Waals surface area contributed by atoms with Gasteiger partial charge in [-0.2, -0.15) is 5.26 Å². The number of nitriles is 1. The lowest BCUT2D eigenvalue weighted by Crippen LogP contribution is -1.98. The summed E-state index contributed by atoms with van der Waals surface area (Å²) in [5.74, 6) is 0.516. The van der Waals surface area contributed by atoms with Gasteiger partial charge >= 0.3 is 0 Å². The summed E-state index contributed by atoms with van der Waals surface area (Å²) < 4.78 is 9.40. The minimum atomic E-state index is -0.112. The molecular weight excluding hydrogens is 190 g/mol. The topological polar surface area (TPSA) is 42.2 Å². The SMILES string of the molecule is Cc1ccc(OCOC#N)c(Cl)c1. The first-order valence-electron chi connectivity index (χ1n) is 3.64. The molecular formula is C9H8ClNO2. The Labute approximate surface area is 81.4 Å². The zero-order valence-electron chi connectivity index (χ0n) is 7.08. The first-order valence-corrected chi connectivity index (χ1v) is 4.01. The molecule has 0 saturated carbocycles. The Morgan fingerprint density at radius 1 is 1.54 bits per heavy atom.